The van der Waals surface area contributed by atoms with Gasteiger partial charge >= 0.3 is 37.7 Å². The van der Waals surface area contributed by atoms with Crippen LogP contribution in [0.4, 0.5) is 0 Å². The average Bonchev–Trinajstić information content (AvgIpc) is 0. The molecule has 0 aromatic heterocycles. The van der Waals surface area contributed by atoms with Crippen LogP contribution in [0.3, 0.4) is 0 Å². The van der Waals surface area contributed by atoms with E-state index in [9.17, 15) is 0 Å². The molecule has 0 aliphatic heterocycles. The molecule has 0 aromatic rings. The topological polar surface area (TPSA) is 31.5 Å². The summed E-state index contributed by atoms with van der Waals surface area (Å²) in [6.07, 6.45) is 0. The van der Waals surface area contributed by atoms with Crippen LogP contribution >= 0.6 is 12.4 Å². The van der Waals surface area contributed by atoms with Crippen molar-refractivity contribution in [2.45, 2.75) is 0 Å². The van der Waals surface area contributed by atoms with E-state index in [-0.39, 0.29) is 73.0 Å². The summed E-state index contributed by atoms with van der Waals surface area (Å²) in [6, 6.07) is 0. The molecule has 0 spiro atoms. The standard InChI is InChI=1S/Al.Ca.ClH.H2O.5H/h;;1H;1H2;;;;;. The third-order valence-corrected chi connectivity index (χ3v) is 0. The van der Waals surface area contributed by atoms with Crippen molar-refractivity contribution < 1.29 is 5.48 Å². The van der Waals surface area contributed by atoms with Gasteiger partial charge in [0.25, 0.3) is 0 Å². The average molecular weight is 127 g/mol. The summed E-state index contributed by atoms with van der Waals surface area (Å²) < 4.78 is 0. The molecule has 0 radical (unpaired) electrons. The molecule has 4 heteroatoms. The molecular weight excluding hydrogens is 119 g/mol. The van der Waals surface area contributed by atoms with Crippen LogP contribution in [0, 0.1) is 0 Å². The quantitative estimate of drug-likeness (QED) is 0.322. The zero-order chi connectivity index (χ0) is 0. The summed E-state index contributed by atoms with van der Waals surface area (Å²) in [5.74, 6) is 0. The van der Waals surface area contributed by atoms with Gasteiger partial charge in [0.1, 0.15) is 0 Å². The first-order chi connectivity index (χ1) is 0. The van der Waals surface area contributed by atoms with Crippen molar-refractivity contribution in [1.29, 1.82) is 0 Å². The van der Waals surface area contributed by atoms with E-state index in [4.69, 9.17) is 0 Å². The first kappa shape index (κ1) is 36.8. The molecule has 0 atom stereocenters. The number of hydrogen-bond acceptors (Lipinski definition) is 0. The second-order valence-corrected chi connectivity index (χ2v) is 0. The van der Waals surface area contributed by atoms with Gasteiger partial charge in [0.05, 0.1) is 0 Å². The summed E-state index contributed by atoms with van der Waals surface area (Å²) in [5, 5.41) is 0. The molecule has 0 rings (SSSR count). The van der Waals surface area contributed by atoms with Crippen LogP contribution in [0.1, 0.15) is 0 Å². The third-order valence-electron chi connectivity index (χ3n) is 0. The Morgan fingerprint density at radius 3 is 1.00 bits per heavy atom. The van der Waals surface area contributed by atoms with E-state index in [1.165, 1.54) is 0 Å². The van der Waals surface area contributed by atoms with E-state index in [1.54, 1.807) is 0 Å². The van der Waals surface area contributed by atoms with Gasteiger partial charge in [-0.3, -0.25) is 0 Å². The second-order valence-electron chi connectivity index (χ2n) is 0. The van der Waals surface area contributed by atoms with E-state index in [0.29, 0.717) is 0 Å². The van der Waals surface area contributed by atoms with Gasteiger partial charge in [-0.15, -0.1) is 12.4 Å². The van der Waals surface area contributed by atoms with Crippen molar-refractivity contribution in [3.05, 3.63) is 0 Å². The van der Waals surface area contributed by atoms with E-state index in [0.717, 1.165) is 0 Å². The number of rotatable bonds is 0. The molecular formula is H8AlCaClO. The Morgan fingerprint density at radius 1 is 1.00 bits per heavy atom. The van der Waals surface area contributed by atoms with Gasteiger partial charge in [-0.05, 0) is 0 Å². The molecule has 0 saturated carbocycles. The normalized spacial score (nSPS) is 0. The summed E-state index contributed by atoms with van der Waals surface area (Å²) in [4.78, 5) is 0. The van der Waals surface area contributed by atoms with E-state index in [1.807, 2.05) is 0 Å². The summed E-state index contributed by atoms with van der Waals surface area (Å²) in [6.45, 7) is 0. The molecule has 0 amide bonds. The summed E-state index contributed by atoms with van der Waals surface area (Å²) in [5.41, 5.74) is 0. The Labute approximate surface area is 72.0 Å². The molecule has 2 N–H and O–H groups in total. The minimum atomic E-state index is 0. The molecule has 26 valence electrons. The van der Waals surface area contributed by atoms with Crippen LogP contribution in [-0.4, -0.2) is 60.6 Å². The molecule has 1 nitrogen and oxygen atoms in total. The van der Waals surface area contributed by atoms with Crippen molar-refractivity contribution in [1.82, 2.24) is 0 Å². The van der Waals surface area contributed by atoms with E-state index < -0.39 is 0 Å². The second kappa shape index (κ2) is 19.8. The van der Waals surface area contributed by atoms with Gasteiger partial charge in [-0.25, -0.2) is 0 Å². The van der Waals surface area contributed by atoms with Crippen molar-refractivity contribution in [3.63, 3.8) is 0 Å². The van der Waals surface area contributed by atoms with Crippen molar-refractivity contribution in [2.75, 3.05) is 0 Å². The third kappa shape index (κ3) is 8.97. The molecule has 0 aliphatic carbocycles. The number of hydrogen-bond donors (Lipinski definition) is 0. The Morgan fingerprint density at radius 2 is 1.00 bits per heavy atom. The Kier molecular flexibility index (Phi) is 182. The van der Waals surface area contributed by atoms with E-state index in [2.05, 4.69) is 0 Å². The van der Waals surface area contributed by atoms with Crippen LogP contribution in [0.15, 0.2) is 0 Å². The molecule has 0 aromatic carbocycles. The minimum absolute atomic E-state index is 0. The molecule has 0 bridgehead atoms. The van der Waals surface area contributed by atoms with Crippen LogP contribution in [0.2, 0.25) is 0 Å². The Bertz CT molecular complexity index is 8.00. The molecule has 0 unspecified atom stereocenters. The fourth-order valence-electron chi connectivity index (χ4n) is 0. The molecule has 0 aliphatic rings. The van der Waals surface area contributed by atoms with Gasteiger partial charge in [-0.2, -0.15) is 0 Å². The fourth-order valence-corrected chi connectivity index (χ4v) is 0. The monoisotopic (exact) mass is 126 g/mol. The Hall–Kier alpha value is 2.04. The van der Waals surface area contributed by atoms with Gasteiger partial charge in [0.2, 0.25) is 0 Å². The van der Waals surface area contributed by atoms with Crippen LogP contribution in [0.25, 0.3) is 0 Å². The predicted octanol–water partition coefficient (Wildman–Crippen LogP) is -2.50. The van der Waals surface area contributed by atoms with Crippen molar-refractivity contribution >= 4 is 67.5 Å². The van der Waals surface area contributed by atoms with E-state index >= 15 is 0 Å². The van der Waals surface area contributed by atoms with Crippen molar-refractivity contribution in [2.24, 2.45) is 0 Å². The fraction of sp³-hybridized carbons (Fsp3) is 0. The first-order valence-corrected chi connectivity index (χ1v) is 0. The van der Waals surface area contributed by atoms with Gasteiger partial charge < -0.3 is 5.48 Å². The van der Waals surface area contributed by atoms with Crippen LogP contribution < -0.4 is 0 Å². The zero-order valence-corrected chi connectivity index (χ0v) is 1.72. The maximum absolute atomic E-state index is 0. The van der Waals surface area contributed by atoms with Crippen LogP contribution in [0.5, 0.6) is 0 Å². The molecule has 0 fully saturated rings. The molecule has 4 heavy (non-hydrogen) atoms. The SMILES string of the molecule is Cl.O.[AlH3].[CaH2]. The predicted molar refractivity (Wildman–Crippen MR) is 29.3 cm³/mol. The summed E-state index contributed by atoms with van der Waals surface area (Å²) in [7, 11) is 0. The van der Waals surface area contributed by atoms with Crippen molar-refractivity contribution in [3.8, 4) is 0 Å². The number of halogens is 1. The summed E-state index contributed by atoms with van der Waals surface area (Å²) >= 11 is 0. The first-order valence-electron chi connectivity index (χ1n) is 0. The molecule has 0 saturated heterocycles. The van der Waals surface area contributed by atoms with Crippen LogP contribution in [-0.2, 0) is 0 Å². The van der Waals surface area contributed by atoms with Gasteiger partial charge in [0.15, 0.2) is 17.4 Å². The zero-order valence-electron chi connectivity index (χ0n) is 0.908. The molecule has 0 heterocycles. The van der Waals surface area contributed by atoms with Gasteiger partial charge in [0, 0.05) is 0 Å². The Balaban J connectivity index is 0. The van der Waals surface area contributed by atoms with Gasteiger partial charge in [-0.1, -0.05) is 0 Å². The maximum atomic E-state index is 0.